The third-order valence-corrected chi connectivity index (χ3v) is 3.09. The average molecular weight is 372 g/mol. The number of halogens is 1. The highest BCUT2D eigenvalue weighted by molar-refractivity contribution is 14.1. The standard InChI is InChI=1S/C11H9IN4O3/c1-13-11-14-6-8(16(17)18)10(15-11)19-9-5-3-2-4-7(9)12/h2-6H,1H3,(H,13,14,15). The molecule has 0 saturated carbocycles. The van der Waals surface area contributed by atoms with Crippen molar-refractivity contribution in [1.29, 1.82) is 0 Å². The Bertz CT molecular complexity index is 621. The van der Waals surface area contributed by atoms with Crippen LogP contribution >= 0.6 is 22.6 Å². The van der Waals surface area contributed by atoms with E-state index in [1.807, 2.05) is 12.1 Å². The van der Waals surface area contributed by atoms with Crippen LogP contribution in [0.5, 0.6) is 11.6 Å². The zero-order valence-electron chi connectivity index (χ0n) is 9.83. The van der Waals surface area contributed by atoms with Crippen molar-refractivity contribution in [2.24, 2.45) is 0 Å². The maximum atomic E-state index is 10.9. The number of nitrogens with zero attached hydrogens (tertiary/aromatic N) is 3. The third-order valence-electron chi connectivity index (χ3n) is 2.20. The summed E-state index contributed by atoms with van der Waals surface area (Å²) in [6.07, 6.45) is 1.12. The van der Waals surface area contributed by atoms with Crippen LogP contribution in [0.3, 0.4) is 0 Å². The molecule has 1 N–H and O–H groups in total. The van der Waals surface area contributed by atoms with Crippen molar-refractivity contribution in [2.75, 3.05) is 12.4 Å². The molecule has 0 fully saturated rings. The molecule has 0 saturated heterocycles. The molecule has 1 aromatic heterocycles. The zero-order chi connectivity index (χ0) is 13.8. The molecule has 0 spiro atoms. The van der Waals surface area contributed by atoms with Crippen LogP contribution in [-0.2, 0) is 0 Å². The van der Waals surface area contributed by atoms with Crippen molar-refractivity contribution in [2.45, 2.75) is 0 Å². The van der Waals surface area contributed by atoms with Crippen LogP contribution in [0.2, 0.25) is 0 Å². The molecule has 7 nitrogen and oxygen atoms in total. The summed E-state index contributed by atoms with van der Waals surface area (Å²) in [6.45, 7) is 0. The summed E-state index contributed by atoms with van der Waals surface area (Å²) in [5.74, 6) is 0.673. The molecule has 1 aromatic carbocycles. The number of hydrogen-bond acceptors (Lipinski definition) is 6. The summed E-state index contributed by atoms with van der Waals surface area (Å²) in [4.78, 5) is 18.1. The second-order valence-electron chi connectivity index (χ2n) is 3.42. The number of hydrogen-bond donors (Lipinski definition) is 1. The molecular weight excluding hydrogens is 363 g/mol. The van der Waals surface area contributed by atoms with Crippen molar-refractivity contribution in [1.82, 2.24) is 9.97 Å². The summed E-state index contributed by atoms with van der Waals surface area (Å²) in [5, 5.41) is 13.6. The lowest BCUT2D eigenvalue weighted by Crippen LogP contribution is -2.02. The van der Waals surface area contributed by atoms with E-state index in [9.17, 15) is 10.1 Å². The molecule has 19 heavy (non-hydrogen) atoms. The van der Waals surface area contributed by atoms with Gasteiger partial charge in [0.05, 0.1) is 8.49 Å². The van der Waals surface area contributed by atoms with Gasteiger partial charge in [-0.3, -0.25) is 10.1 Å². The molecule has 0 radical (unpaired) electrons. The Kier molecular flexibility index (Phi) is 4.10. The Morgan fingerprint density at radius 3 is 2.79 bits per heavy atom. The first-order valence-electron chi connectivity index (χ1n) is 5.23. The van der Waals surface area contributed by atoms with Crippen LogP contribution < -0.4 is 10.1 Å². The van der Waals surface area contributed by atoms with Crippen LogP contribution in [0.1, 0.15) is 0 Å². The Hall–Kier alpha value is -1.97. The number of nitro groups is 1. The van der Waals surface area contributed by atoms with Gasteiger partial charge in [0, 0.05) is 7.05 Å². The maximum Gasteiger partial charge on any atom is 0.349 e. The molecule has 0 aliphatic heterocycles. The summed E-state index contributed by atoms with van der Waals surface area (Å²) in [6, 6.07) is 7.18. The van der Waals surface area contributed by atoms with Gasteiger partial charge in [-0.05, 0) is 34.7 Å². The first kappa shape index (κ1) is 13.5. The van der Waals surface area contributed by atoms with E-state index in [2.05, 4.69) is 37.9 Å². The predicted molar refractivity (Wildman–Crippen MR) is 77.5 cm³/mol. The van der Waals surface area contributed by atoms with E-state index in [0.717, 1.165) is 9.77 Å². The van der Waals surface area contributed by atoms with Gasteiger partial charge in [0.25, 0.3) is 0 Å². The molecule has 8 heteroatoms. The Morgan fingerprint density at radius 1 is 1.42 bits per heavy atom. The van der Waals surface area contributed by atoms with Crippen molar-refractivity contribution in [3.63, 3.8) is 0 Å². The van der Waals surface area contributed by atoms with Gasteiger partial charge >= 0.3 is 11.6 Å². The summed E-state index contributed by atoms with van der Waals surface area (Å²) in [7, 11) is 1.62. The first-order chi connectivity index (χ1) is 9.11. The highest BCUT2D eigenvalue weighted by atomic mass is 127. The van der Waals surface area contributed by atoms with Crippen LogP contribution in [-0.4, -0.2) is 21.9 Å². The van der Waals surface area contributed by atoms with Crippen molar-refractivity contribution >= 4 is 34.2 Å². The van der Waals surface area contributed by atoms with Crippen LogP contribution in [0, 0.1) is 13.7 Å². The Morgan fingerprint density at radius 2 is 2.16 bits per heavy atom. The van der Waals surface area contributed by atoms with Gasteiger partial charge < -0.3 is 10.1 Å². The minimum absolute atomic E-state index is 0.0894. The molecule has 2 aromatic rings. The smallest absolute Gasteiger partial charge is 0.349 e. The number of para-hydroxylation sites is 1. The number of nitrogens with one attached hydrogen (secondary N) is 1. The number of benzene rings is 1. The Labute approximate surface area is 122 Å². The van der Waals surface area contributed by atoms with Crippen molar-refractivity contribution in [3.8, 4) is 11.6 Å². The van der Waals surface area contributed by atoms with Crippen LogP contribution in [0.15, 0.2) is 30.5 Å². The lowest BCUT2D eigenvalue weighted by Gasteiger charge is -2.07. The maximum absolute atomic E-state index is 10.9. The van der Waals surface area contributed by atoms with E-state index in [1.165, 1.54) is 0 Å². The SMILES string of the molecule is CNc1ncc([N+](=O)[O-])c(Oc2ccccc2I)n1. The number of rotatable bonds is 4. The van der Waals surface area contributed by atoms with Gasteiger partial charge in [0.15, 0.2) is 0 Å². The molecule has 0 aliphatic carbocycles. The molecule has 0 amide bonds. The average Bonchev–Trinajstić information content (AvgIpc) is 2.41. The molecule has 1 heterocycles. The Balaban J connectivity index is 2.43. The minimum Gasteiger partial charge on any atom is -0.432 e. The van der Waals surface area contributed by atoms with E-state index in [-0.39, 0.29) is 17.5 Å². The van der Waals surface area contributed by atoms with Gasteiger partial charge in [-0.2, -0.15) is 4.98 Å². The fraction of sp³-hybridized carbons (Fsp3) is 0.0909. The van der Waals surface area contributed by atoms with Crippen molar-refractivity contribution in [3.05, 3.63) is 44.1 Å². The van der Waals surface area contributed by atoms with E-state index in [0.29, 0.717) is 5.75 Å². The molecule has 98 valence electrons. The second kappa shape index (κ2) is 5.78. The number of aromatic nitrogens is 2. The van der Waals surface area contributed by atoms with Gasteiger partial charge in [0.1, 0.15) is 11.9 Å². The van der Waals surface area contributed by atoms with Crippen molar-refractivity contribution < 1.29 is 9.66 Å². The van der Waals surface area contributed by atoms with Gasteiger partial charge in [-0.15, -0.1) is 0 Å². The molecule has 0 bridgehead atoms. The van der Waals surface area contributed by atoms with E-state index >= 15 is 0 Å². The quantitative estimate of drug-likeness (QED) is 0.504. The molecular formula is C11H9IN4O3. The summed E-state index contributed by atoms with van der Waals surface area (Å²) >= 11 is 2.08. The van der Waals surface area contributed by atoms with Gasteiger partial charge in [0.2, 0.25) is 5.95 Å². The van der Waals surface area contributed by atoms with Gasteiger partial charge in [-0.25, -0.2) is 4.98 Å². The second-order valence-corrected chi connectivity index (χ2v) is 4.59. The first-order valence-corrected chi connectivity index (χ1v) is 6.31. The number of ether oxygens (including phenoxy) is 1. The number of anilines is 1. The van der Waals surface area contributed by atoms with E-state index in [1.54, 1.807) is 19.2 Å². The largest absolute Gasteiger partial charge is 0.432 e. The topological polar surface area (TPSA) is 90.2 Å². The highest BCUT2D eigenvalue weighted by Crippen LogP contribution is 2.31. The summed E-state index contributed by atoms with van der Waals surface area (Å²) < 4.78 is 6.34. The van der Waals surface area contributed by atoms with Crippen LogP contribution in [0.25, 0.3) is 0 Å². The molecule has 0 atom stereocenters. The summed E-state index contributed by atoms with van der Waals surface area (Å²) in [5.41, 5.74) is -0.279. The van der Waals surface area contributed by atoms with E-state index in [4.69, 9.17) is 4.74 Å². The fourth-order valence-corrected chi connectivity index (χ4v) is 1.81. The lowest BCUT2D eigenvalue weighted by atomic mass is 10.3. The molecule has 2 rings (SSSR count). The van der Waals surface area contributed by atoms with Gasteiger partial charge in [-0.1, -0.05) is 12.1 Å². The monoisotopic (exact) mass is 372 g/mol. The lowest BCUT2D eigenvalue weighted by molar-refractivity contribution is -0.386. The minimum atomic E-state index is -0.579. The normalized spacial score (nSPS) is 10.0. The third kappa shape index (κ3) is 3.08. The molecule has 0 unspecified atom stereocenters. The van der Waals surface area contributed by atoms with E-state index < -0.39 is 4.92 Å². The highest BCUT2D eigenvalue weighted by Gasteiger charge is 2.20. The van der Waals surface area contributed by atoms with Crippen LogP contribution in [0.4, 0.5) is 11.6 Å². The predicted octanol–water partition coefficient (Wildman–Crippen LogP) is 2.82. The zero-order valence-corrected chi connectivity index (χ0v) is 12.0. The molecule has 0 aliphatic rings. The fourth-order valence-electron chi connectivity index (χ4n) is 1.31.